The van der Waals surface area contributed by atoms with Crippen LogP contribution in [0.2, 0.25) is 0 Å². The Bertz CT molecular complexity index is 679. The molecule has 0 spiro atoms. The molecule has 0 aliphatic carbocycles. The Labute approximate surface area is 112 Å². The SMILES string of the molecule is C[C@H](O)[C@H](N)c1c2ccccc2cc2ccccc12. The Morgan fingerprint density at radius 1 is 0.895 bits per heavy atom. The van der Waals surface area contributed by atoms with Crippen molar-refractivity contribution in [1.29, 1.82) is 0 Å². The molecule has 96 valence electrons. The molecule has 3 N–H and O–H groups in total. The third-order valence-electron chi connectivity index (χ3n) is 3.67. The van der Waals surface area contributed by atoms with Gasteiger partial charge in [-0.25, -0.2) is 0 Å². The van der Waals surface area contributed by atoms with Gasteiger partial charge in [-0.15, -0.1) is 0 Å². The highest BCUT2D eigenvalue weighted by atomic mass is 16.3. The summed E-state index contributed by atoms with van der Waals surface area (Å²) in [6.07, 6.45) is -0.575. The van der Waals surface area contributed by atoms with E-state index in [0.29, 0.717) is 0 Å². The highest BCUT2D eigenvalue weighted by Gasteiger charge is 2.18. The third-order valence-corrected chi connectivity index (χ3v) is 3.67. The van der Waals surface area contributed by atoms with E-state index in [1.165, 1.54) is 0 Å². The quantitative estimate of drug-likeness (QED) is 0.686. The van der Waals surface area contributed by atoms with Gasteiger partial charge in [0.2, 0.25) is 0 Å². The van der Waals surface area contributed by atoms with Crippen LogP contribution in [0.25, 0.3) is 21.5 Å². The average molecular weight is 251 g/mol. The molecule has 0 aliphatic rings. The summed E-state index contributed by atoms with van der Waals surface area (Å²) in [6, 6.07) is 18.2. The van der Waals surface area contributed by atoms with Crippen molar-refractivity contribution in [2.45, 2.75) is 19.1 Å². The Balaban J connectivity index is 2.46. The molecule has 2 nitrogen and oxygen atoms in total. The van der Waals surface area contributed by atoms with Crippen LogP contribution in [0.1, 0.15) is 18.5 Å². The summed E-state index contributed by atoms with van der Waals surface area (Å²) in [4.78, 5) is 0. The van der Waals surface area contributed by atoms with Crippen molar-refractivity contribution in [2.24, 2.45) is 5.73 Å². The number of benzene rings is 3. The molecule has 3 rings (SSSR count). The van der Waals surface area contributed by atoms with Gasteiger partial charge in [0.15, 0.2) is 0 Å². The van der Waals surface area contributed by atoms with E-state index in [1.807, 2.05) is 24.3 Å². The minimum absolute atomic E-state index is 0.379. The first-order valence-electron chi connectivity index (χ1n) is 6.52. The van der Waals surface area contributed by atoms with E-state index in [1.54, 1.807) is 6.92 Å². The molecule has 0 radical (unpaired) electrons. The summed E-state index contributed by atoms with van der Waals surface area (Å²) >= 11 is 0. The van der Waals surface area contributed by atoms with Crippen LogP contribution in [0, 0.1) is 0 Å². The summed E-state index contributed by atoms with van der Waals surface area (Å²) in [5.74, 6) is 0. The molecule has 0 heterocycles. The molecule has 2 heteroatoms. The number of hydrogen-bond donors (Lipinski definition) is 2. The van der Waals surface area contributed by atoms with Crippen molar-refractivity contribution in [1.82, 2.24) is 0 Å². The fourth-order valence-corrected chi connectivity index (χ4v) is 2.65. The maximum atomic E-state index is 9.87. The van der Waals surface area contributed by atoms with Crippen LogP contribution in [0.15, 0.2) is 54.6 Å². The number of aliphatic hydroxyl groups is 1. The molecule has 2 atom stereocenters. The van der Waals surface area contributed by atoms with Crippen LogP contribution in [0.3, 0.4) is 0 Å². The Morgan fingerprint density at radius 2 is 1.37 bits per heavy atom. The second-order valence-electron chi connectivity index (χ2n) is 5.00. The van der Waals surface area contributed by atoms with E-state index in [2.05, 4.69) is 30.3 Å². The molecule has 0 saturated carbocycles. The van der Waals surface area contributed by atoms with E-state index < -0.39 is 6.10 Å². The molecule has 0 amide bonds. The highest BCUT2D eigenvalue weighted by Crippen LogP contribution is 2.32. The van der Waals surface area contributed by atoms with Crippen LogP contribution >= 0.6 is 0 Å². The topological polar surface area (TPSA) is 46.2 Å². The second kappa shape index (κ2) is 4.65. The van der Waals surface area contributed by atoms with Gasteiger partial charge in [-0.3, -0.25) is 0 Å². The van der Waals surface area contributed by atoms with Gasteiger partial charge in [0.25, 0.3) is 0 Å². The first kappa shape index (κ1) is 12.2. The van der Waals surface area contributed by atoms with Crippen LogP contribution in [0.5, 0.6) is 0 Å². The van der Waals surface area contributed by atoms with E-state index >= 15 is 0 Å². The molecule has 0 unspecified atom stereocenters. The van der Waals surface area contributed by atoms with Gasteiger partial charge in [0.05, 0.1) is 12.1 Å². The number of rotatable bonds is 2. The summed E-state index contributed by atoms with van der Waals surface area (Å²) < 4.78 is 0. The first-order chi connectivity index (χ1) is 9.18. The molecular weight excluding hydrogens is 234 g/mol. The van der Waals surface area contributed by atoms with Crippen molar-refractivity contribution in [3.8, 4) is 0 Å². The monoisotopic (exact) mass is 251 g/mol. The minimum atomic E-state index is -0.575. The molecule has 19 heavy (non-hydrogen) atoms. The summed E-state index contributed by atoms with van der Waals surface area (Å²) in [7, 11) is 0. The first-order valence-corrected chi connectivity index (χ1v) is 6.52. The molecule has 3 aromatic rings. The van der Waals surface area contributed by atoms with Crippen molar-refractivity contribution >= 4 is 21.5 Å². The highest BCUT2D eigenvalue weighted by molar-refractivity contribution is 6.02. The molecule has 0 bridgehead atoms. The summed E-state index contributed by atoms with van der Waals surface area (Å²) in [6.45, 7) is 1.74. The number of nitrogens with two attached hydrogens (primary N) is 1. The van der Waals surface area contributed by atoms with Gasteiger partial charge in [-0.2, -0.15) is 0 Å². The Hall–Kier alpha value is -1.90. The summed E-state index contributed by atoms with van der Waals surface area (Å²) in [5, 5.41) is 14.4. The molecule has 0 saturated heterocycles. The van der Waals surface area contributed by atoms with Gasteiger partial charge in [-0.1, -0.05) is 48.5 Å². The van der Waals surface area contributed by atoms with Crippen LogP contribution in [0.4, 0.5) is 0 Å². The Morgan fingerprint density at radius 3 is 1.84 bits per heavy atom. The standard InChI is InChI=1S/C17H17NO/c1-11(19)17(18)16-14-8-4-2-6-12(14)10-13-7-3-5-9-15(13)16/h2-11,17,19H,18H2,1H3/t11-,17-/m0/s1. The van der Waals surface area contributed by atoms with E-state index in [4.69, 9.17) is 5.73 Å². The van der Waals surface area contributed by atoms with Gasteiger partial charge < -0.3 is 10.8 Å². The van der Waals surface area contributed by atoms with Gasteiger partial charge in [0, 0.05) is 0 Å². The predicted molar refractivity (Wildman–Crippen MR) is 80.1 cm³/mol. The Kier molecular flexibility index (Phi) is 2.97. The van der Waals surface area contributed by atoms with Crippen molar-refractivity contribution in [2.75, 3.05) is 0 Å². The van der Waals surface area contributed by atoms with Crippen molar-refractivity contribution < 1.29 is 5.11 Å². The number of aliphatic hydroxyl groups excluding tert-OH is 1. The fourth-order valence-electron chi connectivity index (χ4n) is 2.65. The lowest BCUT2D eigenvalue weighted by Gasteiger charge is -2.20. The minimum Gasteiger partial charge on any atom is -0.391 e. The van der Waals surface area contributed by atoms with Crippen LogP contribution in [-0.4, -0.2) is 11.2 Å². The zero-order chi connectivity index (χ0) is 13.4. The third kappa shape index (κ3) is 1.99. The van der Waals surface area contributed by atoms with Gasteiger partial charge in [0.1, 0.15) is 0 Å². The zero-order valence-electron chi connectivity index (χ0n) is 10.9. The maximum absolute atomic E-state index is 9.87. The molecular formula is C17H17NO. The van der Waals surface area contributed by atoms with Crippen molar-refractivity contribution in [3.05, 3.63) is 60.2 Å². The van der Waals surface area contributed by atoms with E-state index in [9.17, 15) is 5.11 Å². The normalized spacial score (nSPS) is 14.7. The number of hydrogen-bond acceptors (Lipinski definition) is 2. The predicted octanol–water partition coefficient (Wildman–Crippen LogP) is 3.37. The average Bonchev–Trinajstić information content (AvgIpc) is 2.43. The smallest absolute Gasteiger partial charge is 0.0705 e. The lowest BCUT2D eigenvalue weighted by atomic mass is 9.91. The van der Waals surface area contributed by atoms with Gasteiger partial charge in [-0.05, 0) is 40.1 Å². The lowest BCUT2D eigenvalue weighted by Crippen LogP contribution is -2.23. The van der Waals surface area contributed by atoms with Crippen LogP contribution in [-0.2, 0) is 0 Å². The molecule has 0 aliphatic heterocycles. The van der Waals surface area contributed by atoms with Crippen molar-refractivity contribution in [3.63, 3.8) is 0 Å². The summed E-state index contributed by atoms with van der Waals surface area (Å²) in [5.41, 5.74) is 7.25. The van der Waals surface area contributed by atoms with E-state index in [-0.39, 0.29) is 6.04 Å². The van der Waals surface area contributed by atoms with Gasteiger partial charge >= 0.3 is 0 Å². The molecule has 0 aromatic heterocycles. The molecule has 0 fully saturated rings. The fraction of sp³-hybridized carbons (Fsp3) is 0.176. The zero-order valence-corrected chi connectivity index (χ0v) is 10.9. The van der Waals surface area contributed by atoms with Crippen LogP contribution < -0.4 is 5.73 Å². The number of fused-ring (bicyclic) bond motifs is 2. The molecule has 3 aromatic carbocycles. The maximum Gasteiger partial charge on any atom is 0.0705 e. The van der Waals surface area contributed by atoms with E-state index in [0.717, 1.165) is 27.1 Å². The largest absolute Gasteiger partial charge is 0.391 e. The lowest BCUT2D eigenvalue weighted by molar-refractivity contribution is 0.165. The second-order valence-corrected chi connectivity index (χ2v) is 5.00.